The largest absolute Gasteiger partial charge is 0.396 e. The molecule has 2 N–H and O–H groups in total. The van der Waals surface area contributed by atoms with Crippen molar-refractivity contribution in [3.05, 3.63) is 0 Å². The van der Waals surface area contributed by atoms with Gasteiger partial charge in [0.1, 0.15) is 0 Å². The van der Waals surface area contributed by atoms with Crippen LogP contribution in [0.3, 0.4) is 0 Å². The van der Waals surface area contributed by atoms with Crippen LogP contribution < -0.4 is 5.32 Å². The summed E-state index contributed by atoms with van der Waals surface area (Å²) in [7, 11) is 1.87. The maximum Gasteiger partial charge on any atom is 0.317 e. The number of nitrogens with zero attached hydrogens (tertiary/aromatic N) is 1. The van der Waals surface area contributed by atoms with Gasteiger partial charge in [-0.25, -0.2) is 4.79 Å². The molecule has 18 heavy (non-hydrogen) atoms. The number of aliphatic hydroxyl groups excluding tert-OH is 1. The normalized spacial score (nSPS) is 17.4. The fourth-order valence-corrected chi connectivity index (χ4v) is 2.05. The lowest BCUT2D eigenvalue weighted by atomic mass is 9.89. The Balaban J connectivity index is 2.16. The highest BCUT2D eigenvalue weighted by Gasteiger charge is 2.32. The topological polar surface area (TPSA) is 52.6 Å². The molecule has 106 valence electrons. The summed E-state index contributed by atoms with van der Waals surface area (Å²) in [6.45, 7) is 7.07. The highest BCUT2D eigenvalue weighted by atomic mass is 16.3. The standard InChI is InChI=1S/C14H28N2O2/c1-11(12-6-7-12)16(4)13(18)15-9-5-8-14(2,3)10-17/h11-12,17H,5-10H2,1-4H3,(H,15,18). The van der Waals surface area contributed by atoms with E-state index in [2.05, 4.69) is 12.2 Å². The van der Waals surface area contributed by atoms with Crippen LogP contribution >= 0.6 is 0 Å². The molecule has 0 radical (unpaired) electrons. The Labute approximate surface area is 111 Å². The SMILES string of the molecule is CC(C1CC1)N(C)C(=O)NCCCC(C)(C)CO. The smallest absolute Gasteiger partial charge is 0.317 e. The number of hydrogen-bond donors (Lipinski definition) is 2. The maximum atomic E-state index is 11.9. The number of aliphatic hydroxyl groups is 1. The van der Waals surface area contributed by atoms with Gasteiger partial charge >= 0.3 is 6.03 Å². The number of amides is 2. The second-order valence-electron chi connectivity index (χ2n) is 6.35. The average Bonchev–Trinajstić information content (AvgIpc) is 3.16. The molecule has 1 unspecified atom stereocenters. The molecule has 1 fully saturated rings. The van der Waals surface area contributed by atoms with E-state index in [1.807, 2.05) is 25.8 Å². The molecule has 0 aliphatic heterocycles. The van der Waals surface area contributed by atoms with Gasteiger partial charge in [-0.05, 0) is 43.9 Å². The first-order chi connectivity index (χ1) is 8.37. The van der Waals surface area contributed by atoms with E-state index in [9.17, 15) is 4.79 Å². The molecule has 2 amide bonds. The third kappa shape index (κ3) is 4.84. The van der Waals surface area contributed by atoms with Gasteiger partial charge in [0.15, 0.2) is 0 Å². The van der Waals surface area contributed by atoms with E-state index in [4.69, 9.17) is 5.11 Å². The fraction of sp³-hybridized carbons (Fsp3) is 0.929. The van der Waals surface area contributed by atoms with Gasteiger partial charge in [-0.1, -0.05) is 13.8 Å². The lowest BCUT2D eigenvalue weighted by Crippen LogP contribution is -2.43. The molecular formula is C14H28N2O2. The molecule has 0 aromatic heterocycles. The second-order valence-corrected chi connectivity index (χ2v) is 6.35. The van der Waals surface area contributed by atoms with Crippen molar-refractivity contribution in [3.8, 4) is 0 Å². The molecule has 1 aliphatic rings. The summed E-state index contributed by atoms with van der Waals surface area (Å²) in [6.07, 6.45) is 4.34. The second kappa shape index (κ2) is 6.41. The number of carbonyl (C=O) groups is 1. The first kappa shape index (κ1) is 15.3. The number of hydrogen-bond acceptors (Lipinski definition) is 2. The van der Waals surface area contributed by atoms with Gasteiger partial charge in [0.25, 0.3) is 0 Å². The Morgan fingerprint density at radius 3 is 2.61 bits per heavy atom. The van der Waals surface area contributed by atoms with Crippen molar-refractivity contribution in [2.24, 2.45) is 11.3 Å². The molecular weight excluding hydrogens is 228 g/mol. The molecule has 0 aromatic carbocycles. The van der Waals surface area contributed by atoms with Crippen LogP contribution in [0, 0.1) is 11.3 Å². The first-order valence-corrected chi connectivity index (χ1v) is 6.99. The summed E-state index contributed by atoms with van der Waals surface area (Å²) < 4.78 is 0. The minimum absolute atomic E-state index is 0.0243. The van der Waals surface area contributed by atoms with E-state index in [0.717, 1.165) is 12.8 Å². The van der Waals surface area contributed by atoms with Gasteiger partial charge in [0, 0.05) is 26.2 Å². The van der Waals surface area contributed by atoms with Crippen LogP contribution in [0.15, 0.2) is 0 Å². The zero-order valence-electron chi connectivity index (χ0n) is 12.2. The number of carbonyl (C=O) groups excluding carboxylic acids is 1. The average molecular weight is 256 g/mol. The molecule has 0 spiro atoms. The van der Waals surface area contributed by atoms with Crippen molar-refractivity contribution in [1.29, 1.82) is 0 Å². The summed E-state index contributed by atoms with van der Waals surface area (Å²) in [6, 6.07) is 0.370. The summed E-state index contributed by atoms with van der Waals surface area (Å²) in [5.41, 5.74) is -0.0437. The van der Waals surface area contributed by atoms with Crippen molar-refractivity contribution in [2.75, 3.05) is 20.2 Å². The lowest BCUT2D eigenvalue weighted by Gasteiger charge is -2.26. The van der Waals surface area contributed by atoms with Crippen molar-refractivity contribution < 1.29 is 9.90 Å². The summed E-state index contributed by atoms with van der Waals surface area (Å²) in [5, 5.41) is 12.1. The van der Waals surface area contributed by atoms with Crippen molar-refractivity contribution >= 4 is 6.03 Å². The monoisotopic (exact) mass is 256 g/mol. The minimum atomic E-state index is -0.0437. The van der Waals surface area contributed by atoms with Crippen LogP contribution in [0.1, 0.15) is 46.5 Å². The Hall–Kier alpha value is -0.770. The number of rotatable bonds is 7. The predicted molar refractivity (Wildman–Crippen MR) is 73.4 cm³/mol. The maximum absolute atomic E-state index is 11.9. The van der Waals surface area contributed by atoms with Gasteiger partial charge in [-0.15, -0.1) is 0 Å². The van der Waals surface area contributed by atoms with Gasteiger partial charge in [0.05, 0.1) is 0 Å². The molecule has 1 aliphatic carbocycles. The number of urea groups is 1. The Bertz CT molecular complexity index is 275. The van der Waals surface area contributed by atoms with E-state index in [1.54, 1.807) is 0 Å². The van der Waals surface area contributed by atoms with Gasteiger partial charge in [0.2, 0.25) is 0 Å². The number of nitrogens with one attached hydrogen (secondary N) is 1. The van der Waals surface area contributed by atoms with E-state index in [1.165, 1.54) is 12.8 Å². The van der Waals surface area contributed by atoms with Crippen LogP contribution in [0.5, 0.6) is 0 Å². The Morgan fingerprint density at radius 2 is 2.11 bits per heavy atom. The van der Waals surface area contributed by atoms with Crippen LogP contribution in [-0.2, 0) is 0 Å². The summed E-state index contributed by atoms with van der Waals surface area (Å²) in [4.78, 5) is 13.7. The molecule has 0 aromatic rings. The molecule has 0 heterocycles. The van der Waals surface area contributed by atoms with E-state index >= 15 is 0 Å². The molecule has 1 rings (SSSR count). The molecule has 0 bridgehead atoms. The Morgan fingerprint density at radius 1 is 1.50 bits per heavy atom. The molecule has 1 saturated carbocycles. The lowest BCUT2D eigenvalue weighted by molar-refractivity contribution is 0.147. The van der Waals surface area contributed by atoms with Gasteiger partial charge in [-0.2, -0.15) is 0 Å². The summed E-state index contributed by atoms with van der Waals surface area (Å²) >= 11 is 0. The predicted octanol–water partition coefficient (Wildman–Crippen LogP) is 2.23. The van der Waals surface area contributed by atoms with Crippen molar-refractivity contribution in [2.45, 2.75) is 52.5 Å². The van der Waals surface area contributed by atoms with Crippen LogP contribution in [0.2, 0.25) is 0 Å². The summed E-state index contributed by atoms with van der Waals surface area (Å²) in [5.74, 6) is 0.703. The van der Waals surface area contributed by atoms with Crippen LogP contribution in [-0.4, -0.2) is 42.3 Å². The van der Waals surface area contributed by atoms with Gasteiger partial charge in [-0.3, -0.25) is 0 Å². The van der Waals surface area contributed by atoms with E-state index in [-0.39, 0.29) is 18.1 Å². The zero-order chi connectivity index (χ0) is 13.8. The molecule has 4 heteroatoms. The molecule has 0 saturated heterocycles. The first-order valence-electron chi connectivity index (χ1n) is 6.99. The van der Waals surface area contributed by atoms with Gasteiger partial charge < -0.3 is 15.3 Å². The van der Waals surface area contributed by atoms with Crippen LogP contribution in [0.25, 0.3) is 0 Å². The third-order valence-electron chi connectivity index (χ3n) is 3.97. The molecule has 1 atom stereocenters. The highest BCUT2D eigenvalue weighted by Crippen LogP contribution is 2.34. The fourth-order valence-electron chi connectivity index (χ4n) is 2.05. The van der Waals surface area contributed by atoms with Crippen molar-refractivity contribution in [3.63, 3.8) is 0 Å². The Kier molecular flexibility index (Phi) is 5.45. The van der Waals surface area contributed by atoms with E-state index < -0.39 is 0 Å². The third-order valence-corrected chi connectivity index (χ3v) is 3.97. The van der Waals surface area contributed by atoms with Crippen molar-refractivity contribution in [1.82, 2.24) is 10.2 Å². The minimum Gasteiger partial charge on any atom is -0.396 e. The van der Waals surface area contributed by atoms with Crippen LogP contribution in [0.4, 0.5) is 4.79 Å². The van der Waals surface area contributed by atoms with E-state index in [0.29, 0.717) is 18.5 Å². The quantitative estimate of drug-likeness (QED) is 0.686. The zero-order valence-corrected chi connectivity index (χ0v) is 12.2. The molecule has 4 nitrogen and oxygen atoms in total. The highest BCUT2D eigenvalue weighted by molar-refractivity contribution is 5.74.